The van der Waals surface area contributed by atoms with Crippen molar-refractivity contribution in [3.63, 3.8) is 0 Å². The lowest BCUT2D eigenvalue weighted by Crippen LogP contribution is -2.27. The summed E-state index contributed by atoms with van der Waals surface area (Å²) in [6, 6.07) is 12.7. The molecule has 6 rings (SSSR count). The van der Waals surface area contributed by atoms with E-state index in [9.17, 15) is 9.18 Å². The van der Waals surface area contributed by atoms with Crippen molar-refractivity contribution in [1.82, 2.24) is 35.0 Å². The minimum absolute atomic E-state index is 0.0853. The number of nitrogens with zero attached hydrogens (tertiary/aromatic N) is 5. The molecule has 4 N–H and O–H groups in total. The van der Waals surface area contributed by atoms with Crippen LogP contribution in [0.15, 0.2) is 67.3 Å². The molecule has 0 aliphatic rings. The predicted molar refractivity (Wildman–Crippen MR) is 173 cm³/mol. The molecule has 11 heteroatoms. The summed E-state index contributed by atoms with van der Waals surface area (Å²) in [6.45, 7) is 7.10. The molecule has 4 heterocycles. The summed E-state index contributed by atoms with van der Waals surface area (Å²) in [6.07, 6.45) is 6.80. The monoisotopic (exact) mass is 591 g/mol. The molecule has 0 saturated heterocycles. The number of carbonyl (C=O) groups excluding carboxylic acids is 1. The number of nitrogens with one attached hydrogen (secondary N) is 4. The van der Waals surface area contributed by atoms with Crippen LogP contribution in [0.3, 0.4) is 0 Å². The van der Waals surface area contributed by atoms with Crippen LogP contribution in [0, 0.1) is 11.2 Å². The Hall–Kier alpha value is -5.16. The highest BCUT2D eigenvalue weighted by molar-refractivity contribution is 5.99. The molecule has 1 amide bonds. The molecule has 6 aromatic rings. The van der Waals surface area contributed by atoms with Crippen molar-refractivity contribution in [2.45, 2.75) is 20.8 Å². The van der Waals surface area contributed by atoms with E-state index in [1.165, 1.54) is 12.1 Å². The largest absolute Gasteiger partial charge is 0.384 e. The average molecular weight is 592 g/mol. The van der Waals surface area contributed by atoms with Crippen molar-refractivity contribution >= 4 is 39.2 Å². The van der Waals surface area contributed by atoms with Crippen LogP contribution in [-0.4, -0.2) is 68.1 Å². The smallest absolute Gasteiger partial charge is 0.229 e. The maximum Gasteiger partial charge on any atom is 0.229 e. The van der Waals surface area contributed by atoms with Gasteiger partial charge in [0.05, 0.1) is 34.6 Å². The Bertz CT molecular complexity index is 1990. The summed E-state index contributed by atoms with van der Waals surface area (Å²) < 4.78 is 14.7. The second kappa shape index (κ2) is 11.5. The van der Waals surface area contributed by atoms with Crippen LogP contribution in [0.2, 0.25) is 0 Å². The minimum atomic E-state index is -0.525. The molecule has 0 saturated carbocycles. The van der Waals surface area contributed by atoms with Gasteiger partial charge in [-0.1, -0.05) is 26.8 Å². The number of halogens is 1. The van der Waals surface area contributed by atoms with E-state index in [4.69, 9.17) is 4.98 Å². The van der Waals surface area contributed by atoms with Crippen molar-refractivity contribution in [3.05, 3.63) is 73.1 Å². The highest BCUT2D eigenvalue weighted by Gasteiger charge is 2.22. The van der Waals surface area contributed by atoms with Crippen LogP contribution in [0.25, 0.3) is 55.7 Å². The zero-order valence-electron chi connectivity index (χ0n) is 25.3. The van der Waals surface area contributed by atoms with Crippen molar-refractivity contribution in [1.29, 1.82) is 0 Å². The van der Waals surface area contributed by atoms with Crippen molar-refractivity contribution < 1.29 is 9.18 Å². The fourth-order valence-electron chi connectivity index (χ4n) is 4.89. The Balaban J connectivity index is 1.35. The molecule has 0 bridgehead atoms. The van der Waals surface area contributed by atoms with E-state index >= 15 is 0 Å². The molecule has 0 spiro atoms. The molecule has 4 aromatic heterocycles. The van der Waals surface area contributed by atoms with Gasteiger partial charge in [-0.3, -0.25) is 19.9 Å². The Morgan fingerprint density at radius 2 is 1.70 bits per heavy atom. The zero-order valence-corrected chi connectivity index (χ0v) is 25.3. The Kier molecular flexibility index (Phi) is 7.56. The summed E-state index contributed by atoms with van der Waals surface area (Å²) >= 11 is 0. The Labute approximate surface area is 254 Å². The zero-order chi connectivity index (χ0) is 31.0. The lowest BCUT2D eigenvalue weighted by atomic mass is 9.95. The molecule has 0 unspecified atom stereocenters. The van der Waals surface area contributed by atoms with Crippen molar-refractivity contribution in [2.24, 2.45) is 5.41 Å². The molecular weight excluding hydrogens is 557 g/mol. The van der Waals surface area contributed by atoms with E-state index in [-0.39, 0.29) is 11.7 Å². The fourth-order valence-corrected chi connectivity index (χ4v) is 4.89. The Morgan fingerprint density at radius 1 is 0.909 bits per heavy atom. The summed E-state index contributed by atoms with van der Waals surface area (Å²) in [5.74, 6) is 0.130. The third-order valence-corrected chi connectivity index (χ3v) is 7.29. The molecule has 2 aromatic carbocycles. The van der Waals surface area contributed by atoms with Gasteiger partial charge in [0.25, 0.3) is 0 Å². The van der Waals surface area contributed by atoms with Gasteiger partial charge in [-0.05, 0) is 61.6 Å². The second-order valence-corrected chi connectivity index (χ2v) is 12.1. The van der Waals surface area contributed by atoms with E-state index in [1.54, 1.807) is 24.8 Å². The summed E-state index contributed by atoms with van der Waals surface area (Å²) in [5.41, 5.74) is 6.79. The van der Waals surface area contributed by atoms with Gasteiger partial charge in [0, 0.05) is 53.1 Å². The van der Waals surface area contributed by atoms with Crippen LogP contribution >= 0.6 is 0 Å². The number of likely N-dealkylation sites (N-methyl/N-ethyl adjacent to an activating group) is 1. The third-order valence-electron chi connectivity index (χ3n) is 7.29. The van der Waals surface area contributed by atoms with Crippen molar-refractivity contribution in [3.8, 4) is 33.8 Å². The summed E-state index contributed by atoms with van der Waals surface area (Å²) in [5, 5.41) is 14.8. The maximum atomic E-state index is 14.7. The molecular formula is C33H34FN9O. The van der Waals surface area contributed by atoms with Crippen LogP contribution in [0.4, 0.5) is 15.8 Å². The number of hydrogen-bond donors (Lipinski definition) is 4. The van der Waals surface area contributed by atoms with E-state index in [0.717, 1.165) is 28.6 Å². The summed E-state index contributed by atoms with van der Waals surface area (Å²) in [7, 11) is 3.99. The van der Waals surface area contributed by atoms with Gasteiger partial charge in [-0.25, -0.2) is 9.37 Å². The number of imidazole rings is 1. The van der Waals surface area contributed by atoms with Crippen LogP contribution < -0.4 is 10.6 Å². The van der Waals surface area contributed by atoms with Gasteiger partial charge in [0.1, 0.15) is 11.5 Å². The molecule has 224 valence electrons. The van der Waals surface area contributed by atoms with Gasteiger partial charge < -0.3 is 20.5 Å². The van der Waals surface area contributed by atoms with Gasteiger partial charge >= 0.3 is 0 Å². The molecule has 0 atom stereocenters. The minimum Gasteiger partial charge on any atom is -0.384 e. The van der Waals surface area contributed by atoms with Crippen molar-refractivity contribution in [2.75, 3.05) is 37.8 Å². The van der Waals surface area contributed by atoms with Gasteiger partial charge in [0.2, 0.25) is 5.91 Å². The number of aromatic nitrogens is 6. The molecule has 0 fully saturated rings. The van der Waals surface area contributed by atoms with Crippen LogP contribution in [0.1, 0.15) is 20.8 Å². The van der Waals surface area contributed by atoms with Gasteiger partial charge in [-0.15, -0.1) is 0 Å². The fraction of sp³-hybridized carbons (Fsp3) is 0.242. The molecule has 10 nitrogen and oxygen atoms in total. The number of aromatic amines is 2. The highest BCUT2D eigenvalue weighted by atomic mass is 19.1. The maximum absolute atomic E-state index is 14.7. The van der Waals surface area contributed by atoms with E-state index in [2.05, 4.69) is 40.7 Å². The quantitative estimate of drug-likeness (QED) is 0.163. The SMILES string of the molecule is CN(C)CCNc1cc(F)cc(-c2cncc3[nH]c(-c4n[nH]c5ccc(-c6cncc(NC(=O)C(C)(C)C)c6)cc45)nc23)c1. The number of amides is 1. The van der Waals surface area contributed by atoms with E-state index < -0.39 is 5.41 Å². The number of anilines is 2. The number of fused-ring (bicyclic) bond motifs is 2. The summed E-state index contributed by atoms with van der Waals surface area (Å²) in [4.78, 5) is 31.6. The third kappa shape index (κ3) is 6.00. The first-order chi connectivity index (χ1) is 21.0. The molecule has 0 aliphatic carbocycles. The standard InChI is InChI=1S/C33H34FN9O/c1-33(2,3)32(44)38-24-12-21(15-35-16-24)19-6-7-27-25(13-19)30(42-41-27)31-39-28-18-36-17-26(29(28)40-31)20-10-22(34)14-23(11-20)37-8-9-43(4)5/h6-7,10-18,37H,8-9H2,1-5H3,(H,38,44)(H,39,40)(H,41,42). The first-order valence-corrected chi connectivity index (χ1v) is 14.3. The second-order valence-electron chi connectivity index (χ2n) is 12.1. The van der Waals surface area contributed by atoms with Gasteiger partial charge in [0.15, 0.2) is 5.82 Å². The van der Waals surface area contributed by atoms with E-state index in [0.29, 0.717) is 51.6 Å². The molecule has 0 radical (unpaired) electrons. The first-order valence-electron chi connectivity index (χ1n) is 14.3. The number of pyridine rings is 2. The lowest BCUT2D eigenvalue weighted by molar-refractivity contribution is -0.123. The topological polar surface area (TPSA) is 128 Å². The van der Waals surface area contributed by atoms with E-state index in [1.807, 2.05) is 65.2 Å². The number of H-pyrrole nitrogens is 2. The Morgan fingerprint density at radius 3 is 2.50 bits per heavy atom. The average Bonchev–Trinajstić information content (AvgIpc) is 3.60. The molecule has 44 heavy (non-hydrogen) atoms. The lowest BCUT2D eigenvalue weighted by Gasteiger charge is -2.17. The predicted octanol–water partition coefficient (Wildman–Crippen LogP) is 6.33. The number of benzene rings is 2. The highest BCUT2D eigenvalue weighted by Crippen LogP contribution is 2.34. The normalized spacial score (nSPS) is 11.9. The number of carbonyl (C=O) groups is 1. The van der Waals surface area contributed by atoms with Gasteiger partial charge in [-0.2, -0.15) is 5.10 Å². The number of hydrogen-bond acceptors (Lipinski definition) is 7. The number of rotatable bonds is 8. The first kappa shape index (κ1) is 28.9. The molecule has 0 aliphatic heterocycles. The van der Waals surface area contributed by atoms with Crippen LogP contribution in [0.5, 0.6) is 0 Å². The van der Waals surface area contributed by atoms with Crippen LogP contribution in [-0.2, 0) is 4.79 Å².